The van der Waals surface area contributed by atoms with Crippen LogP contribution in [0.2, 0.25) is 0 Å². The number of aryl methyl sites for hydroxylation is 1. The van der Waals surface area contributed by atoms with Crippen molar-refractivity contribution in [1.29, 1.82) is 0 Å². The van der Waals surface area contributed by atoms with E-state index in [1.165, 1.54) is 0 Å². The molecule has 90 valence electrons. The first-order valence-electron chi connectivity index (χ1n) is 5.97. The summed E-state index contributed by atoms with van der Waals surface area (Å²) >= 11 is 0. The monoisotopic (exact) mass is 234 g/mol. The van der Waals surface area contributed by atoms with Gasteiger partial charge in [0.25, 0.3) is 0 Å². The molecule has 4 nitrogen and oxygen atoms in total. The van der Waals surface area contributed by atoms with Crippen LogP contribution >= 0.6 is 0 Å². The number of ketones is 1. The van der Waals surface area contributed by atoms with E-state index in [1.54, 1.807) is 13.0 Å². The second kappa shape index (κ2) is 3.45. The molecule has 3 rings (SSSR count). The van der Waals surface area contributed by atoms with Gasteiger partial charge in [-0.1, -0.05) is 0 Å². The third-order valence-electron chi connectivity index (χ3n) is 3.64. The summed E-state index contributed by atoms with van der Waals surface area (Å²) in [5, 5.41) is 0. The summed E-state index contributed by atoms with van der Waals surface area (Å²) < 4.78 is 10.9. The highest BCUT2D eigenvalue weighted by Crippen LogP contribution is 2.42. The van der Waals surface area contributed by atoms with Crippen molar-refractivity contribution in [2.75, 3.05) is 0 Å². The Balaban J connectivity index is 2.12. The summed E-state index contributed by atoms with van der Waals surface area (Å²) in [5.41, 5.74) is -0.837. The molecule has 0 atom stereocenters. The lowest BCUT2D eigenvalue weighted by atomic mass is 9.89. The number of carbonyl (C=O) groups is 1. The number of carbonyl (C=O) groups excluding carboxylic acids is 1. The molecule has 0 saturated heterocycles. The van der Waals surface area contributed by atoms with Crippen LogP contribution in [0.4, 0.5) is 0 Å². The Labute approximate surface area is 98.6 Å². The third-order valence-corrected chi connectivity index (χ3v) is 3.64. The second-order valence-corrected chi connectivity index (χ2v) is 4.98. The molecule has 0 unspecified atom stereocenters. The maximum absolute atomic E-state index is 12.0. The zero-order chi connectivity index (χ0) is 12.0. The molecule has 1 aromatic heterocycles. The quantitative estimate of drug-likeness (QED) is 0.690. The van der Waals surface area contributed by atoms with Gasteiger partial charge in [-0.3, -0.25) is 4.79 Å². The SMILES string of the molecule is Cc1cc2c(c(=O)o1)C(=O)CC1(CCCC1)O2. The van der Waals surface area contributed by atoms with Crippen molar-refractivity contribution in [1.82, 2.24) is 0 Å². The van der Waals surface area contributed by atoms with Gasteiger partial charge >= 0.3 is 5.63 Å². The number of Topliss-reactive ketones (excluding diaryl/α,β-unsaturated/α-hetero) is 1. The van der Waals surface area contributed by atoms with E-state index in [2.05, 4.69) is 0 Å². The van der Waals surface area contributed by atoms with Gasteiger partial charge in [0.2, 0.25) is 0 Å². The molecule has 1 aliphatic heterocycles. The van der Waals surface area contributed by atoms with Crippen LogP contribution in [0, 0.1) is 6.92 Å². The molecule has 1 aromatic rings. The Hall–Kier alpha value is -1.58. The van der Waals surface area contributed by atoms with Gasteiger partial charge in [-0.15, -0.1) is 0 Å². The van der Waals surface area contributed by atoms with Gasteiger partial charge < -0.3 is 9.15 Å². The fourth-order valence-corrected chi connectivity index (χ4v) is 2.86. The van der Waals surface area contributed by atoms with E-state index in [9.17, 15) is 9.59 Å². The van der Waals surface area contributed by atoms with E-state index < -0.39 is 5.63 Å². The van der Waals surface area contributed by atoms with Gasteiger partial charge in [0, 0.05) is 6.07 Å². The predicted octanol–water partition coefficient (Wildman–Crippen LogP) is 2.23. The Morgan fingerprint density at radius 3 is 2.65 bits per heavy atom. The van der Waals surface area contributed by atoms with E-state index >= 15 is 0 Å². The molecule has 1 fully saturated rings. The zero-order valence-corrected chi connectivity index (χ0v) is 9.75. The molecule has 17 heavy (non-hydrogen) atoms. The molecule has 4 heteroatoms. The molecule has 2 aliphatic rings. The van der Waals surface area contributed by atoms with E-state index in [4.69, 9.17) is 9.15 Å². The summed E-state index contributed by atoms with van der Waals surface area (Å²) in [4.78, 5) is 23.7. The Kier molecular flexibility index (Phi) is 2.15. The number of hydrogen-bond acceptors (Lipinski definition) is 4. The van der Waals surface area contributed by atoms with Gasteiger partial charge in [0.05, 0.1) is 6.42 Å². The Bertz CT molecular complexity index is 535. The van der Waals surface area contributed by atoms with Crippen LogP contribution in [-0.4, -0.2) is 11.4 Å². The van der Waals surface area contributed by atoms with Crippen molar-refractivity contribution in [2.24, 2.45) is 0 Å². The van der Waals surface area contributed by atoms with Crippen LogP contribution in [0.15, 0.2) is 15.3 Å². The number of rotatable bonds is 0. The average Bonchev–Trinajstić information content (AvgIpc) is 2.63. The largest absolute Gasteiger partial charge is 0.486 e. The normalized spacial score (nSPS) is 21.4. The minimum atomic E-state index is -0.571. The fraction of sp³-hybridized carbons (Fsp3) is 0.538. The number of fused-ring (bicyclic) bond motifs is 1. The van der Waals surface area contributed by atoms with Gasteiger partial charge in [-0.25, -0.2) is 4.79 Å². The molecule has 1 spiro atoms. The van der Waals surface area contributed by atoms with Crippen molar-refractivity contribution in [2.45, 2.75) is 44.6 Å². The molecule has 0 radical (unpaired) electrons. The van der Waals surface area contributed by atoms with E-state index in [-0.39, 0.29) is 16.9 Å². The lowest BCUT2D eigenvalue weighted by Crippen LogP contribution is -2.41. The van der Waals surface area contributed by atoms with Gasteiger partial charge in [-0.05, 0) is 32.6 Å². The van der Waals surface area contributed by atoms with Crippen LogP contribution in [0.5, 0.6) is 5.75 Å². The lowest BCUT2D eigenvalue weighted by Gasteiger charge is -2.34. The van der Waals surface area contributed by atoms with Gasteiger partial charge in [0.1, 0.15) is 22.7 Å². The van der Waals surface area contributed by atoms with E-state index in [1.807, 2.05) is 0 Å². The van der Waals surface area contributed by atoms with Crippen LogP contribution in [0.1, 0.15) is 48.2 Å². The average molecular weight is 234 g/mol. The third kappa shape index (κ3) is 1.59. The molecular formula is C13H14O4. The lowest BCUT2D eigenvalue weighted by molar-refractivity contribution is 0.0436. The molecule has 1 saturated carbocycles. The number of hydrogen-bond donors (Lipinski definition) is 0. The van der Waals surface area contributed by atoms with Gasteiger partial charge in [-0.2, -0.15) is 0 Å². The first kappa shape index (κ1) is 10.6. The topological polar surface area (TPSA) is 56.5 Å². The number of ether oxygens (including phenoxy) is 1. The van der Waals surface area contributed by atoms with E-state index in [0.29, 0.717) is 17.9 Å². The maximum atomic E-state index is 12.0. The summed E-state index contributed by atoms with van der Waals surface area (Å²) in [5.74, 6) is 0.760. The minimum Gasteiger partial charge on any atom is -0.486 e. The molecule has 1 aliphatic carbocycles. The van der Waals surface area contributed by atoms with Crippen molar-refractivity contribution in [3.05, 3.63) is 27.8 Å². The Morgan fingerprint density at radius 2 is 1.94 bits per heavy atom. The molecule has 2 heterocycles. The van der Waals surface area contributed by atoms with Crippen LogP contribution in [-0.2, 0) is 0 Å². The highest BCUT2D eigenvalue weighted by molar-refractivity contribution is 5.99. The standard InChI is InChI=1S/C13H14O4/c1-8-6-10-11(12(15)16-8)9(14)7-13(17-10)4-2-3-5-13/h6H,2-5,7H2,1H3. The molecule has 0 aromatic carbocycles. The van der Waals surface area contributed by atoms with Crippen LogP contribution in [0.3, 0.4) is 0 Å². The highest BCUT2D eigenvalue weighted by Gasteiger charge is 2.44. The molecule has 0 N–H and O–H groups in total. The first-order chi connectivity index (χ1) is 8.10. The summed E-state index contributed by atoms with van der Waals surface area (Å²) in [6, 6.07) is 1.65. The van der Waals surface area contributed by atoms with Crippen molar-refractivity contribution in [3.8, 4) is 5.75 Å². The fourth-order valence-electron chi connectivity index (χ4n) is 2.86. The summed E-state index contributed by atoms with van der Waals surface area (Å²) in [6.07, 6.45) is 4.29. The zero-order valence-electron chi connectivity index (χ0n) is 9.75. The minimum absolute atomic E-state index is 0.0909. The predicted molar refractivity (Wildman–Crippen MR) is 60.5 cm³/mol. The second-order valence-electron chi connectivity index (χ2n) is 4.98. The van der Waals surface area contributed by atoms with Crippen molar-refractivity contribution < 1.29 is 13.9 Å². The molecular weight excluding hydrogens is 220 g/mol. The summed E-state index contributed by atoms with van der Waals surface area (Å²) in [6.45, 7) is 1.69. The molecule has 0 amide bonds. The van der Waals surface area contributed by atoms with Crippen LogP contribution < -0.4 is 10.4 Å². The van der Waals surface area contributed by atoms with E-state index in [0.717, 1.165) is 25.7 Å². The van der Waals surface area contributed by atoms with Crippen LogP contribution in [0.25, 0.3) is 0 Å². The Morgan fingerprint density at radius 1 is 1.24 bits per heavy atom. The summed E-state index contributed by atoms with van der Waals surface area (Å²) in [7, 11) is 0. The van der Waals surface area contributed by atoms with Crippen molar-refractivity contribution in [3.63, 3.8) is 0 Å². The highest BCUT2D eigenvalue weighted by atomic mass is 16.5. The van der Waals surface area contributed by atoms with Crippen molar-refractivity contribution >= 4 is 5.78 Å². The van der Waals surface area contributed by atoms with Gasteiger partial charge in [0.15, 0.2) is 5.78 Å². The first-order valence-corrected chi connectivity index (χ1v) is 5.97. The smallest absolute Gasteiger partial charge is 0.350 e. The maximum Gasteiger partial charge on any atom is 0.350 e. The molecule has 0 bridgehead atoms.